The van der Waals surface area contributed by atoms with Crippen molar-refractivity contribution in [2.75, 3.05) is 10.5 Å². The van der Waals surface area contributed by atoms with Crippen LogP contribution < -0.4 is 10.5 Å². The molecule has 2 aromatic rings. The molecule has 0 unspecified atom stereocenters. The highest BCUT2D eigenvalue weighted by Gasteiger charge is 2.18. The van der Waals surface area contributed by atoms with E-state index in [1.807, 2.05) is 32.0 Å². The van der Waals surface area contributed by atoms with E-state index in [-0.39, 0.29) is 10.8 Å². The summed E-state index contributed by atoms with van der Waals surface area (Å²) in [6.45, 7) is 3.97. The van der Waals surface area contributed by atoms with Crippen molar-refractivity contribution in [3.8, 4) is 0 Å². The minimum atomic E-state index is -3.73. The molecule has 0 saturated heterocycles. The van der Waals surface area contributed by atoms with Gasteiger partial charge >= 0.3 is 0 Å². The summed E-state index contributed by atoms with van der Waals surface area (Å²) in [5, 5.41) is 0. The summed E-state index contributed by atoms with van der Waals surface area (Å²) in [6, 6.07) is 5.76. The van der Waals surface area contributed by atoms with Gasteiger partial charge in [0.1, 0.15) is 4.90 Å². The number of hydrogen-bond acceptors (Lipinski definition) is 5. The predicted molar refractivity (Wildman–Crippen MR) is 82.5 cm³/mol. The molecule has 0 aliphatic carbocycles. The summed E-state index contributed by atoms with van der Waals surface area (Å²) in [5.74, 6) is 0.0390. The average Bonchev–Trinajstić information content (AvgIpc) is 2.47. The van der Waals surface area contributed by atoms with Crippen molar-refractivity contribution in [2.45, 2.75) is 31.6 Å². The molecule has 0 atom stereocenters. The van der Waals surface area contributed by atoms with Gasteiger partial charge in [0, 0.05) is 0 Å². The number of nitrogens with one attached hydrogen (secondary N) is 1. The molecule has 0 aliphatic heterocycles. The molecule has 0 amide bonds. The van der Waals surface area contributed by atoms with Crippen molar-refractivity contribution < 1.29 is 8.42 Å². The number of nitrogens with zero attached hydrogens (tertiary/aromatic N) is 2. The van der Waals surface area contributed by atoms with Crippen molar-refractivity contribution in [3.63, 3.8) is 0 Å². The summed E-state index contributed by atoms with van der Waals surface area (Å²) in [7, 11) is -3.73. The van der Waals surface area contributed by atoms with Crippen LogP contribution in [-0.4, -0.2) is 18.4 Å². The summed E-state index contributed by atoms with van der Waals surface area (Å²) < 4.78 is 27.5. The molecule has 7 heteroatoms. The Kier molecular flexibility index (Phi) is 4.42. The molecule has 3 N–H and O–H groups in total. The van der Waals surface area contributed by atoms with Gasteiger partial charge in [-0.15, -0.1) is 0 Å². The summed E-state index contributed by atoms with van der Waals surface area (Å²) in [4.78, 5) is 7.43. The minimum Gasteiger partial charge on any atom is -0.368 e. The lowest BCUT2D eigenvalue weighted by molar-refractivity contribution is 0.600. The van der Waals surface area contributed by atoms with E-state index in [2.05, 4.69) is 14.7 Å². The fourth-order valence-electron chi connectivity index (χ4n) is 2.03. The molecule has 2 rings (SSSR count). The first-order valence-corrected chi connectivity index (χ1v) is 8.17. The zero-order chi connectivity index (χ0) is 15.5. The average molecular weight is 306 g/mol. The van der Waals surface area contributed by atoms with Crippen molar-refractivity contribution in [3.05, 3.63) is 41.7 Å². The van der Waals surface area contributed by atoms with Gasteiger partial charge in [-0.1, -0.05) is 32.0 Å². The lowest BCUT2D eigenvalue weighted by Crippen LogP contribution is -2.16. The van der Waals surface area contributed by atoms with Crippen molar-refractivity contribution in [2.24, 2.45) is 0 Å². The summed E-state index contributed by atoms with van der Waals surface area (Å²) in [6.07, 6.45) is 3.88. The van der Waals surface area contributed by atoms with Crippen LogP contribution in [-0.2, 0) is 22.9 Å². The van der Waals surface area contributed by atoms with E-state index in [9.17, 15) is 8.42 Å². The lowest BCUT2D eigenvalue weighted by atomic mass is 10.0. The third-order valence-electron chi connectivity index (χ3n) is 3.19. The molecule has 0 bridgehead atoms. The molecule has 1 aromatic heterocycles. The summed E-state index contributed by atoms with van der Waals surface area (Å²) in [5.41, 5.74) is 7.92. The second-order valence-corrected chi connectivity index (χ2v) is 6.22. The monoisotopic (exact) mass is 306 g/mol. The number of nitrogens with two attached hydrogens (primary N) is 1. The zero-order valence-corrected chi connectivity index (χ0v) is 12.8. The number of hydrogen-bond donors (Lipinski definition) is 2. The van der Waals surface area contributed by atoms with Crippen LogP contribution in [0.1, 0.15) is 25.0 Å². The number of anilines is 2. The van der Waals surface area contributed by atoms with Crippen molar-refractivity contribution in [1.82, 2.24) is 9.97 Å². The maximum Gasteiger partial charge on any atom is 0.264 e. The fourth-order valence-corrected chi connectivity index (χ4v) is 3.06. The number of aromatic nitrogens is 2. The Hall–Kier alpha value is -2.15. The van der Waals surface area contributed by atoms with Gasteiger partial charge in [-0.2, -0.15) is 0 Å². The van der Waals surface area contributed by atoms with Gasteiger partial charge in [-0.3, -0.25) is 4.72 Å². The van der Waals surface area contributed by atoms with Crippen LogP contribution in [0.3, 0.4) is 0 Å². The fraction of sp³-hybridized carbons (Fsp3) is 0.286. The van der Waals surface area contributed by atoms with Crippen LogP contribution in [0.5, 0.6) is 0 Å². The molecule has 0 radical (unpaired) electrons. The van der Waals surface area contributed by atoms with E-state index in [0.29, 0.717) is 5.69 Å². The van der Waals surface area contributed by atoms with Crippen molar-refractivity contribution >= 4 is 21.7 Å². The highest BCUT2D eigenvalue weighted by atomic mass is 32.2. The van der Waals surface area contributed by atoms with E-state index in [4.69, 9.17) is 5.73 Å². The Morgan fingerprint density at radius 3 is 2.10 bits per heavy atom. The van der Waals surface area contributed by atoms with Crippen LogP contribution in [0, 0.1) is 0 Å². The van der Waals surface area contributed by atoms with Crippen molar-refractivity contribution in [1.29, 1.82) is 0 Å². The standard InChI is InChI=1S/C14H18N4O2S/c1-3-10-6-5-7-11(4-2)13(10)18-21(19,20)12-8-16-14(15)17-9-12/h5-9,18H,3-4H2,1-2H3,(H2,15,16,17). The van der Waals surface area contributed by atoms with Gasteiger partial charge in [-0.25, -0.2) is 18.4 Å². The third kappa shape index (κ3) is 3.30. The van der Waals surface area contributed by atoms with E-state index < -0.39 is 10.0 Å². The second kappa shape index (κ2) is 6.09. The molecule has 1 heterocycles. The number of sulfonamides is 1. The lowest BCUT2D eigenvalue weighted by Gasteiger charge is -2.15. The molecule has 112 valence electrons. The van der Waals surface area contributed by atoms with Crippen LogP contribution in [0.2, 0.25) is 0 Å². The molecule has 0 spiro atoms. The molecule has 0 aliphatic rings. The Balaban J connectivity index is 2.43. The van der Waals surface area contributed by atoms with Gasteiger partial charge in [-0.05, 0) is 24.0 Å². The number of rotatable bonds is 5. The Morgan fingerprint density at radius 1 is 1.10 bits per heavy atom. The normalized spacial score (nSPS) is 11.3. The number of nitrogen functional groups attached to an aromatic ring is 1. The van der Waals surface area contributed by atoms with E-state index in [1.165, 1.54) is 12.4 Å². The Morgan fingerprint density at radius 2 is 1.62 bits per heavy atom. The highest BCUT2D eigenvalue weighted by Crippen LogP contribution is 2.25. The molecule has 1 aromatic carbocycles. The van der Waals surface area contributed by atoms with Crippen LogP contribution in [0.4, 0.5) is 11.6 Å². The molecule has 0 fully saturated rings. The molecule has 21 heavy (non-hydrogen) atoms. The maximum atomic E-state index is 12.4. The van der Waals surface area contributed by atoms with Gasteiger partial charge in [0.2, 0.25) is 5.95 Å². The second-order valence-electron chi connectivity index (χ2n) is 4.54. The van der Waals surface area contributed by atoms with E-state index in [1.54, 1.807) is 0 Å². The van der Waals surface area contributed by atoms with Gasteiger partial charge in [0.25, 0.3) is 10.0 Å². The maximum absolute atomic E-state index is 12.4. The van der Waals surface area contributed by atoms with E-state index in [0.717, 1.165) is 24.0 Å². The SMILES string of the molecule is CCc1cccc(CC)c1NS(=O)(=O)c1cnc(N)nc1. The Labute approximate surface area is 124 Å². The molecular weight excluding hydrogens is 288 g/mol. The largest absolute Gasteiger partial charge is 0.368 e. The quantitative estimate of drug-likeness (QED) is 0.880. The van der Waals surface area contributed by atoms with Gasteiger partial charge in [0.05, 0.1) is 18.1 Å². The zero-order valence-electron chi connectivity index (χ0n) is 12.0. The molecular formula is C14H18N4O2S. The Bertz CT molecular complexity index is 705. The number of benzene rings is 1. The molecule has 0 saturated carbocycles. The number of aryl methyl sites for hydroxylation is 2. The highest BCUT2D eigenvalue weighted by molar-refractivity contribution is 7.92. The summed E-state index contributed by atoms with van der Waals surface area (Å²) >= 11 is 0. The van der Waals surface area contributed by atoms with Gasteiger partial charge in [0.15, 0.2) is 0 Å². The van der Waals surface area contributed by atoms with E-state index >= 15 is 0 Å². The topological polar surface area (TPSA) is 98.0 Å². The first kappa shape index (κ1) is 15.2. The third-order valence-corrected chi connectivity index (χ3v) is 4.50. The van der Waals surface area contributed by atoms with Gasteiger partial charge < -0.3 is 5.73 Å². The first-order valence-electron chi connectivity index (χ1n) is 6.69. The smallest absolute Gasteiger partial charge is 0.264 e. The predicted octanol–water partition coefficient (Wildman–Crippen LogP) is 1.98. The van der Waals surface area contributed by atoms with Crippen LogP contribution in [0.25, 0.3) is 0 Å². The van der Waals surface area contributed by atoms with Crippen LogP contribution >= 0.6 is 0 Å². The number of para-hydroxylation sites is 1. The molecule has 6 nitrogen and oxygen atoms in total. The van der Waals surface area contributed by atoms with Crippen LogP contribution in [0.15, 0.2) is 35.5 Å². The first-order chi connectivity index (χ1) is 9.97. The minimum absolute atomic E-state index is 0.00957.